The predicted octanol–water partition coefficient (Wildman–Crippen LogP) is 2.90. The molecule has 1 atom stereocenters. The summed E-state index contributed by atoms with van der Waals surface area (Å²) in [7, 11) is 0. The summed E-state index contributed by atoms with van der Waals surface area (Å²) in [6, 6.07) is 3.92. The maximum Gasteiger partial charge on any atom is 0.195 e. The van der Waals surface area contributed by atoms with Crippen LogP contribution >= 0.6 is 24.0 Å². The molecule has 2 aromatic heterocycles. The van der Waals surface area contributed by atoms with Crippen molar-refractivity contribution in [3.05, 3.63) is 29.3 Å². The number of aromatic amines is 1. The lowest BCUT2D eigenvalue weighted by Gasteiger charge is -2.11. The number of aromatic nitrogens is 4. The maximum absolute atomic E-state index is 5.33. The van der Waals surface area contributed by atoms with Crippen LogP contribution in [0.3, 0.4) is 0 Å². The van der Waals surface area contributed by atoms with E-state index in [0.29, 0.717) is 10.0 Å². The molecule has 0 bridgehead atoms. The second-order valence-corrected chi connectivity index (χ2v) is 6.13. The lowest BCUT2D eigenvalue weighted by Crippen LogP contribution is -2.11. The Morgan fingerprint density at radius 1 is 1.44 bits per heavy atom. The Morgan fingerprint density at radius 3 is 3.00 bits per heavy atom. The first kappa shape index (κ1) is 11.9. The van der Waals surface area contributed by atoms with Gasteiger partial charge in [0.25, 0.3) is 0 Å². The van der Waals surface area contributed by atoms with Gasteiger partial charge in [-0.25, -0.2) is 0 Å². The molecule has 3 heterocycles. The molecule has 1 unspecified atom stereocenters. The molecule has 1 aliphatic heterocycles. The van der Waals surface area contributed by atoms with Gasteiger partial charge in [-0.1, -0.05) is 0 Å². The first-order valence-corrected chi connectivity index (χ1v) is 7.47. The summed E-state index contributed by atoms with van der Waals surface area (Å²) >= 11 is 7.36. The molecule has 18 heavy (non-hydrogen) atoms. The third-order valence-corrected chi connectivity index (χ3v) is 4.80. The fourth-order valence-corrected chi connectivity index (χ4v) is 3.66. The van der Waals surface area contributed by atoms with Crippen molar-refractivity contribution in [2.24, 2.45) is 0 Å². The third-order valence-electron chi connectivity index (χ3n) is 3.11. The zero-order valence-corrected chi connectivity index (χ0v) is 11.5. The highest BCUT2D eigenvalue weighted by molar-refractivity contribution is 8.00. The number of H-pyrrole nitrogens is 1. The minimum atomic E-state index is 0.662. The molecule has 2 aromatic rings. The normalized spacial score (nSPS) is 19.2. The van der Waals surface area contributed by atoms with E-state index in [2.05, 4.69) is 19.7 Å². The van der Waals surface area contributed by atoms with Gasteiger partial charge in [0, 0.05) is 29.8 Å². The highest BCUT2D eigenvalue weighted by Crippen LogP contribution is 2.28. The number of nitrogens with one attached hydrogen (secondary N) is 1. The minimum Gasteiger partial charge on any atom is -0.299 e. The first-order valence-electron chi connectivity index (χ1n) is 6.02. The predicted molar refractivity (Wildman–Crippen MR) is 76.1 cm³/mol. The molecular formula is C12H14N4S2. The molecule has 0 spiro atoms. The van der Waals surface area contributed by atoms with Crippen LogP contribution in [0.4, 0.5) is 0 Å². The maximum atomic E-state index is 5.33. The van der Waals surface area contributed by atoms with Crippen LogP contribution < -0.4 is 0 Å². The third kappa shape index (κ3) is 2.35. The Labute approximate surface area is 115 Å². The Balaban J connectivity index is 1.93. The van der Waals surface area contributed by atoms with Gasteiger partial charge in [0.2, 0.25) is 0 Å². The van der Waals surface area contributed by atoms with Gasteiger partial charge < -0.3 is 0 Å². The summed E-state index contributed by atoms with van der Waals surface area (Å²) < 4.78 is 2.81. The SMILES string of the molecule is S=c1[nH]nc(-c2ccncc2)n1CC1CCCS1. The zero-order valence-electron chi connectivity index (χ0n) is 9.87. The molecule has 0 aliphatic carbocycles. The molecular weight excluding hydrogens is 264 g/mol. The van der Waals surface area contributed by atoms with Gasteiger partial charge in [0.1, 0.15) is 0 Å². The summed E-state index contributed by atoms with van der Waals surface area (Å²) in [6.45, 7) is 0.942. The molecule has 94 valence electrons. The number of nitrogens with zero attached hydrogens (tertiary/aromatic N) is 3. The van der Waals surface area contributed by atoms with Crippen LogP contribution in [0.2, 0.25) is 0 Å². The molecule has 4 nitrogen and oxygen atoms in total. The largest absolute Gasteiger partial charge is 0.299 e. The average Bonchev–Trinajstić information content (AvgIpc) is 3.03. The van der Waals surface area contributed by atoms with Gasteiger partial charge in [-0.05, 0) is 42.9 Å². The van der Waals surface area contributed by atoms with Gasteiger partial charge >= 0.3 is 0 Å². The lowest BCUT2D eigenvalue weighted by molar-refractivity contribution is 0.635. The number of pyridine rings is 1. The zero-order chi connectivity index (χ0) is 12.4. The van der Waals surface area contributed by atoms with E-state index >= 15 is 0 Å². The minimum absolute atomic E-state index is 0.662. The quantitative estimate of drug-likeness (QED) is 0.877. The van der Waals surface area contributed by atoms with Crippen LogP contribution in [0.5, 0.6) is 0 Å². The van der Waals surface area contributed by atoms with Gasteiger partial charge in [-0.3, -0.25) is 14.6 Å². The molecule has 1 fully saturated rings. The van der Waals surface area contributed by atoms with Gasteiger partial charge in [0.05, 0.1) is 0 Å². The van der Waals surface area contributed by atoms with Crippen LogP contribution in [0, 0.1) is 4.77 Å². The second-order valence-electron chi connectivity index (χ2n) is 4.33. The number of hydrogen-bond acceptors (Lipinski definition) is 4. The van der Waals surface area contributed by atoms with Crippen LogP contribution in [-0.2, 0) is 6.54 Å². The number of hydrogen-bond donors (Lipinski definition) is 1. The van der Waals surface area contributed by atoms with E-state index in [1.54, 1.807) is 12.4 Å². The molecule has 0 radical (unpaired) electrons. The Morgan fingerprint density at radius 2 is 2.28 bits per heavy atom. The number of thioether (sulfide) groups is 1. The van der Waals surface area contributed by atoms with Crippen molar-refractivity contribution in [3.63, 3.8) is 0 Å². The smallest absolute Gasteiger partial charge is 0.195 e. The van der Waals surface area contributed by atoms with Crippen LogP contribution in [0.1, 0.15) is 12.8 Å². The Hall–Kier alpha value is -1.14. The highest BCUT2D eigenvalue weighted by Gasteiger charge is 2.18. The van der Waals surface area contributed by atoms with Gasteiger partial charge in [0.15, 0.2) is 10.6 Å². The van der Waals surface area contributed by atoms with Crippen molar-refractivity contribution >= 4 is 24.0 Å². The van der Waals surface area contributed by atoms with Crippen molar-refractivity contribution < 1.29 is 0 Å². The molecule has 1 aliphatic rings. The monoisotopic (exact) mass is 278 g/mol. The Bertz CT molecular complexity index is 569. The molecule has 1 saturated heterocycles. The lowest BCUT2D eigenvalue weighted by atomic mass is 10.2. The fourth-order valence-electron chi connectivity index (χ4n) is 2.20. The van der Waals surface area contributed by atoms with Crippen molar-refractivity contribution in [3.8, 4) is 11.4 Å². The summed E-state index contributed by atoms with van der Waals surface area (Å²) in [5, 5.41) is 7.89. The molecule has 1 N–H and O–H groups in total. The van der Waals surface area contributed by atoms with Crippen molar-refractivity contribution in [1.29, 1.82) is 0 Å². The second kappa shape index (κ2) is 5.24. The molecule has 3 rings (SSSR count). The molecule has 0 amide bonds. The van der Waals surface area contributed by atoms with E-state index in [-0.39, 0.29) is 0 Å². The van der Waals surface area contributed by atoms with Crippen LogP contribution in [-0.4, -0.2) is 30.8 Å². The van der Waals surface area contributed by atoms with E-state index < -0.39 is 0 Å². The van der Waals surface area contributed by atoms with E-state index in [0.717, 1.165) is 17.9 Å². The van der Waals surface area contributed by atoms with Gasteiger partial charge in [-0.15, -0.1) is 0 Å². The summed E-state index contributed by atoms with van der Waals surface area (Å²) in [6.07, 6.45) is 6.14. The van der Waals surface area contributed by atoms with E-state index in [1.807, 2.05) is 23.9 Å². The number of rotatable bonds is 3. The summed E-state index contributed by atoms with van der Waals surface area (Å²) in [4.78, 5) is 4.03. The van der Waals surface area contributed by atoms with Crippen molar-refractivity contribution in [2.75, 3.05) is 5.75 Å². The topological polar surface area (TPSA) is 46.5 Å². The Kier molecular flexibility index (Phi) is 3.47. The highest BCUT2D eigenvalue weighted by atomic mass is 32.2. The fraction of sp³-hybridized carbons (Fsp3) is 0.417. The first-order chi connectivity index (χ1) is 8.84. The average molecular weight is 278 g/mol. The van der Waals surface area contributed by atoms with Crippen molar-refractivity contribution in [2.45, 2.75) is 24.6 Å². The molecule has 6 heteroatoms. The van der Waals surface area contributed by atoms with Crippen LogP contribution in [0.15, 0.2) is 24.5 Å². The van der Waals surface area contributed by atoms with E-state index in [1.165, 1.54) is 18.6 Å². The standard InChI is InChI=1S/C12H14N4S2/c17-12-15-14-11(9-3-5-13-6-4-9)16(12)8-10-2-1-7-18-10/h3-6,10H,1-2,7-8H2,(H,15,17). The molecule has 0 saturated carbocycles. The molecule has 0 aromatic carbocycles. The van der Waals surface area contributed by atoms with Crippen molar-refractivity contribution in [1.82, 2.24) is 19.7 Å². The van der Waals surface area contributed by atoms with Gasteiger partial charge in [-0.2, -0.15) is 16.9 Å². The van der Waals surface area contributed by atoms with E-state index in [4.69, 9.17) is 12.2 Å². The van der Waals surface area contributed by atoms with E-state index in [9.17, 15) is 0 Å². The van der Waals surface area contributed by atoms with Crippen LogP contribution in [0.25, 0.3) is 11.4 Å². The summed E-state index contributed by atoms with van der Waals surface area (Å²) in [5.74, 6) is 2.18. The summed E-state index contributed by atoms with van der Waals surface area (Å²) in [5.41, 5.74) is 1.06.